The van der Waals surface area contributed by atoms with Gasteiger partial charge in [-0.25, -0.2) is 15.3 Å². The van der Waals surface area contributed by atoms with Crippen LogP contribution >= 0.6 is 0 Å². The van der Waals surface area contributed by atoms with E-state index in [4.69, 9.17) is 5.21 Å². The van der Waals surface area contributed by atoms with Crippen molar-refractivity contribution in [2.75, 3.05) is 6.54 Å². The van der Waals surface area contributed by atoms with Gasteiger partial charge in [0.15, 0.2) is 0 Å². The van der Waals surface area contributed by atoms with E-state index in [1.54, 1.807) is 11.6 Å². The predicted molar refractivity (Wildman–Crippen MR) is 175 cm³/mol. The quantitative estimate of drug-likeness (QED) is 0.0258. The van der Waals surface area contributed by atoms with Crippen LogP contribution in [-0.4, -0.2) is 23.7 Å². The molecular weight excluding hydrogens is 508 g/mol. The van der Waals surface area contributed by atoms with Gasteiger partial charge in [-0.05, 0) is 12.8 Å². The minimum atomic E-state index is -0.259. The van der Waals surface area contributed by atoms with Crippen molar-refractivity contribution in [3.8, 4) is 0 Å². The van der Waals surface area contributed by atoms with Crippen molar-refractivity contribution < 1.29 is 14.8 Å². The van der Waals surface area contributed by atoms with E-state index in [1.807, 2.05) is 0 Å². The first-order valence-electron chi connectivity index (χ1n) is 18.3. The molecule has 0 heterocycles. The van der Waals surface area contributed by atoms with Gasteiger partial charge in [0.05, 0.1) is 6.54 Å². The molecule has 5 nitrogen and oxygen atoms in total. The van der Waals surface area contributed by atoms with Crippen LogP contribution in [0.1, 0.15) is 212 Å². The average molecular weight is 579 g/mol. The number of aliphatic imine (C=N–C) groups is 1. The number of carbonyl (C=O) groups excluding carboxylic acids is 2. The van der Waals surface area contributed by atoms with Gasteiger partial charge in [0.2, 0.25) is 12.0 Å². The molecule has 2 N–H and O–H groups in total. The van der Waals surface area contributed by atoms with Crippen LogP contribution in [0.3, 0.4) is 0 Å². The summed E-state index contributed by atoms with van der Waals surface area (Å²) in [4.78, 5) is 24.5. The fourth-order valence-electron chi connectivity index (χ4n) is 5.88. The molecule has 0 fully saturated rings. The summed E-state index contributed by atoms with van der Waals surface area (Å²) in [6.45, 7) is 0.662. The maximum Gasteiger partial charge on any atom is 0.243 e. The number of amides is 1. The van der Waals surface area contributed by atoms with Crippen LogP contribution in [0.5, 0.6) is 0 Å². The SMILES string of the molecule is O=C=NCCCCCCCCCCCCCCCCCCCCCCCCCCCCCCCCCCC(=O)NO. The maximum atomic E-state index is 10.9. The van der Waals surface area contributed by atoms with E-state index in [0.29, 0.717) is 13.0 Å². The highest BCUT2D eigenvalue weighted by atomic mass is 16.5. The summed E-state index contributed by atoms with van der Waals surface area (Å²) < 4.78 is 0. The van der Waals surface area contributed by atoms with E-state index in [1.165, 1.54) is 186 Å². The second kappa shape index (κ2) is 36.8. The van der Waals surface area contributed by atoms with Crippen LogP contribution in [0.15, 0.2) is 4.99 Å². The highest BCUT2D eigenvalue weighted by Gasteiger charge is 1.99. The molecule has 0 atom stereocenters. The van der Waals surface area contributed by atoms with Crippen LogP contribution in [0.2, 0.25) is 0 Å². The van der Waals surface area contributed by atoms with Crippen molar-refractivity contribution in [1.29, 1.82) is 0 Å². The molecule has 0 aromatic heterocycles. The van der Waals surface area contributed by atoms with Gasteiger partial charge in [-0.15, -0.1) is 0 Å². The Kier molecular flexibility index (Phi) is 35.8. The van der Waals surface area contributed by atoms with Crippen molar-refractivity contribution in [3.63, 3.8) is 0 Å². The standard InChI is InChI=1S/C36H70N2O3/c39-35-37-34-32-30-28-26-24-22-20-18-16-14-12-10-8-6-4-2-1-3-5-7-9-11-13-15-17-19-21-23-25-27-29-31-33-36(40)38-41/h41H,1-34H2,(H,38,40). The van der Waals surface area contributed by atoms with Crippen LogP contribution < -0.4 is 5.48 Å². The number of hydroxylamine groups is 1. The number of hydrogen-bond acceptors (Lipinski definition) is 4. The molecule has 0 radical (unpaired) electrons. The Morgan fingerprint density at radius 1 is 0.415 bits per heavy atom. The third-order valence-corrected chi connectivity index (χ3v) is 8.61. The van der Waals surface area contributed by atoms with Crippen LogP contribution in [0, 0.1) is 0 Å². The van der Waals surface area contributed by atoms with Gasteiger partial charge in [-0.2, -0.15) is 0 Å². The maximum absolute atomic E-state index is 10.9. The molecule has 0 aromatic carbocycles. The van der Waals surface area contributed by atoms with Crippen molar-refractivity contribution in [3.05, 3.63) is 0 Å². The van der Waals surface area contributed by atoms with Crippen molar-refractivity contribution in [1.82, 2.24) is 5.48 Å². The van der Waals surface area contributed by atoms with E-state index in [-0.39, 0.29) is 5.91 Å². The number of carbonyl (C=O) groups is 1. The van der Waals surface area contributed by atoms with E-state index in [0.717, 1.165) is 19.3 Å². The minimum Gasteiger partial charge on any atom is -0.289 e. The zero-order valence-corrected chi connectivity index (χ0v) is 27.3. The lowest BCUT2D eigenvalue weighted by molar-refractivity contribution is -0.129. The number of hydrogen-bond donors (Lipinski definition) is 2. The number of rotatable bonds is 35. The fourth-order valence-corrected chi connectivity index (χ4v) is 5.88. The highest BCUT2D eigenvalue weighted by Crippen LogP contribution is 2.17. The molecule has 0 aromatic rings. The number of nitrogens with zero attached hydrogens (tertiary/aromatic N) is 1. The Morgan fingerprint density at radius 2 is 0.634 bits per heavy atom. The fraction of sp³-hybridized carbons (Fsp3) is 0.944. The molecule has 0 bridgehead atoms. The third kappa shape index (κ3) is 36.8. The van der Waals surface area contributed by atoms with E-state index >= 15 is 0 Å². The van der Waals surface area contributed by atoms with Gasteiger partial charge >= 0.3 is 0 Å². The van der Waals surface area contributed by atoms with Crippen LogP contribution in [0.4, 0.5) is 0 Å². The van der Waals surface area contributed by atoms with E-state index in [2.05, 4.69) is 4.99 Å². The molecule has 0 spiro atoms. The van der Waals surface area contributed by atoms with Gasteiger partial charge in [0.25, 0.3) is 0 Å². The number of nitrogens with one attached hydrogen (secondary N) is 1. The largest absolute Gasteiger partial charge is 0.289 e. The Hall–Kier alpha value is -1.19. The van der Waals surface area contributed by atoms with Gasteiger partial charge in [-0.3, -0.25) is 10.0 Å². The molecule has 0 saturated heterocycles. The van der Waals surface area contributed by atoms with Crippen molar-refractivity contribution >= 4 is 12.0 Å². The van der Waals surface area contributed by atoms with Crippen molar-refractivity contribution in [2.24, 2.45) is 4.99 Å². The number of isocyanates is 1. The first-order chi connectivity index (χ1) is 20.3. The summed E-state index contributed by atoms with van der Waals surface area (Å²) in [5.74, 6) is -0.259. The smallest absolute Gasteiger partial charge is 0.243 e. The van der Waals surface area contributed by atoms with E-state index < -0.39 is 0 Å². The molecule has 0 aliphatic carbocycles. The topological polar surface area (TPSA) is 78.8 Å². The molecule has 0 saturated carbocycles. The van der Waals surface area contributed by atoms with Gasteiger partial charge in [-0.1, -0.05) is 193 Å². The molecule has 0 aliphatic heterocycles. The van der Waals surface area contributed by atoms with E-state index in [9.17, 15) is 9.59 Å². The predicted octanol–water partition coefficient (Wildman–Crippen LogP) is 11.7. The summed E-state index contributed by atoms with van der Waals surface area (Å²) in [5, 5.41) is 8.45. The molecule has 0 unspecified atom stereocenters. The summed E-state index contributed by atoms with van der Waals surface area (Å²) >= 11 is 0. The average Bonchev–Trinajstić information content (AvgIpc) is 2.99. The molecule has 1 amide bonds. The van der Waals surface area contributed by atoms with Crippen LogP contribution in [0.25, 0.3) is 0 Å². The van der Waals surface area contributed by atoms with Gasteiger partial charge < -0.3 is 0 Å². The summed E-state index contributed by atoms with van der Waals surface area (Å²) in [6.07, 6.45) is 45.6. The second-order valence-electron chi connectivity index (χ2n) is 12.6. The summed E-state index contributed by atoms with van der Waals surface area (Å²) in [7, 11) is 0. The molecule has 5 heteroatoms. The zero-order valence-electron chi connectivity index (χ0n) is 27.3. The van der Waals surface area contributed by atoms with Gasteiger partial charge in [0, 0.05) is 6.42 Å². The second-order valence-corrected chi connectivity index (χ2v) is 12.6. The Bertz CT molecular complexity index is 563. The molecular formula is C36H70N2O3. The molecule has 41 heavy (non-hydrogen) atoms. The van der Waals surface area contributed by atoms with Crippen molar-refractivity contribution in [2.45, 2.75) is 212 Å². The lowest BCUT2D eigenvalue weighted by Gasteiger charge is -2.05. The monoisotopic (exact) mass is 579 g/mol. The Labute approximate surface area is 255 Å². The summed E-state index contributed by atoms with van der Waals surface area (Å²) in [6, 6.07) is 0. The molecule has 242 valence electrons. The highest BCUT2D eigenvalue weighted by molar-refractivity contribution is 5.74. The lowest BCUT2D eigenvalue weighted by Crippen LogP contribution is -2.17. The molecule has 0 aliphatic rings. The first-order valence-corrected chi connectivity index (χ1v) is 18.3. The summed E-state index contributed by atoms with van der Waals surface area (Å²) in [5.41, 5.74) is 1.70. The normalized spacial score (nSPS) is 11.0. The van der Waals surface area contributed by atoms with Crippen LogP contribution in [-0.2, 0) is 9.59 Å². The first kappa shape index (κ1) is 39.8. The molecule has 0 rings (SSSR count). The third-order valence-electron chi connectivity index (χ3n) is 8.61. The minimum absolute atomic E-state index is 0.259. The Morgan fingerprint density at radius 3 is 0.854 bits per heavy atom. The zero-order chi connectivity index (χ0) is 29.7. The number of unbranched alkanes of at least 4 members (excludes halogenated alkanes) is 31. The van der Waals surface area contributed by atoms with Gasteiger partial charge in [0.1, 0.15) is 0 Å². The lowest BCUT2D eigenvalue weighted by atomic mass is 10.0. The Balaban J connectivity index is 3.05.